The summed E-state index contributed by atoms with van der Waals surface area (Å²) >= 11 is 0. The van der Waals surface area contributed by atoms with Crippen LogP contribution in [0, 0.1) is 0 Å². The first kappa shape index (κ1) is 13.8. The smallest absolute Gasteiger partial charge is 0.407 e. The van der Waals surface area contributed by atoms with E-state index in [0.717, 1.165) is 11.3 Å². The molecule has 0 aliphatic carbocycles. The molecular weight excluding hydrogens is 238 g/mol. The molecule has 0 unspecified atom stereocenters. The number of hydrogen-bond donors (Lipinski definition) is 1. The van der Waals surface area contributed by atoms with Gasteiger partial charge in [-0.3, -0.25) is 4.79 Å². The Hall–Kier alpha value is -2.24. The van der Waals surface area contributed by atoms with Gasteiger partial charge in [-0.15, -0.1) is 0 Å². The summed E-state index contributed by atoms with van der Waals surface area (Å²) in [4.78, 5) is 21.9. The lowest BCUT2D eigenvalue weighted by Crippen LogP contribution is -2.30. The predicted molar refractivity (Wildman–Crippen MR) is 63.2 cm³/mol. The Labute approximate surface area is 105 Å². The van der Waals surface area contributed by atoms with Gasteiger partial charge in [0, 0.05) is 0 Å². The van der Waals surface area contributed by atoms with Crippen LogP contribution < -0.4 is 10.1 Å². The number of esters is 1. The van der Waals surface area contributed by atoms with Gasteiger partial charge in [-0.25, -0.2) is 4.79 Å². The van der Waals surface area contributed by atoms with Gasteiger partial charge in [0.2, 0.25) is 0 Å². The molecular formula is C12H15NO5. The third kappa shape index (κ3) is 4.73. The summed E-state index contributed by atoms with van der Waals surface area (Å²) in [5, 5.41) is 2.27. The Balaban J connectivity index is 2.31. The predicted octanol–water partition coefficient (Wildman–Crippen LogP) is 1.09. The van der Waals surface area contributed by atoms with E-state index in [-0.39, 0.29) is 13.2 Å². The van der Waals surface area contributed by atoms with E-state index in [1.807, 2.05) is 0 Å². The van der Waals surface area contributed by atoms with Crippen LogP contribution in [0.1, 0.15) is 5.56 Å². The number of ether oxygens (including phenoxy) is 3. The van der Waals surface area contributed by atoms with Crippen LogP contribution in [0.5, 0.6) is 5.75 Å². The Morgan fingerprint density at radius 1 is 1.17 bits per heavy atom. The molecule has 0 aliphatic rings. The molecule has 0 heterocycles. The molecule has 0 spiro atoms. The van der Waals surface area contributed by atoms with E-state index < -0.39 is 12.1 Å². The van der Waals surface area contributed by atoms with Gasteiger partial charge in [-0.05, 0) is 17.7 Å². The maximum atomic E-state index is 11.2. The topological polar surface area (TPSA) is 73.9 Å². The van der Waals surface area contributed by atoms with Gasteiger partial charge in [0.15, 0.2) is 0 Å². The van der Waals surface area contributed by atoms with E-state index in [2.05, 4.69) is 10.1 Å². The number of benzene rings is 1. The summed E-state index contributed by atoms with van der Waals surface area (Å²) in [6.07, 6.45) is -0.670. The van der Waals surface area contributed by atoms with Crippen molar-refractivity contribution in [3.05, 3.63) is 29.8 Å². The molecule has 6 heteroatoms. The van der Waals surface area contributed by atoms with Crippen LogP contribution in [0.25, 0.3) is 0 Å². The van der Waals surface area contributed by atoms with E-state index in [0.29, 0.717) is 0 Å². The minimum absolute atomic E-state index is 0.122. The van der Waals surface area contributed by atoms with Crippen LogP contribution in [0.3, 0.4) is 0 Å². The molecule has 1 aromatic rings. The highest BCUT2D eigenvalue weighted by molar-refractivity contribution is 5.77. The summed E-state index contributed by atoms with van der Waals surface area (Å²) in [5.74, 6) is 0.199. The number of amides is 1. The average Bonchev–Trinajstić information content (AvgIpc) is 2.42. The molecule has 1 aromatic carbocycles. The summed E-state index contributed by atoms with van der Waals surface area (Å²) in [5.41, 5.74) is 0.823. The molecule has 18 heavy (non-hydrogen) atoms. The van der Waals surface area contributed by atoms with Crippen molar-refractivity contribution in [3.63, 3.8) is 0 Å². The Bertz CT molecular complexity index is 401. The molecule has 0 radical (unpaired) electrons. The fraction of sp³-hybridized carbons (Fsp3) is 0.333. The van der Waals surface area contributed by atoms with Gasteiger partial charge in [0.25, 0.3) is 0 Å². The van der Waals surface area contributed by atoms with Gasteiger partial charge in [-0.1, -0.05) is 12.1 Å². The third-order valence-corrected chi connectivity index (χ3v) is 2.13. The Morgan fingerprint density at radius 3 is 2.39 bits per heavy atom. The van der Waals surface area contributed by atoms with E-state index >= 15 is 0 Å². The summed E-state index contributed by atoms with van der Waals surface area (Å²) in [6, 6.07) is 7.11. The fourth-order valence-electron chi connectivity index (χ4n) is 1.14. The maximum absolute atomic E-state index is 11.2. The van der Waals surface area contributed by atoms with Gasteiger partial charge in [0.1, 0.15) is 18.9 Å². The van der Waals surface area contributed by atoms with Crippen LogP contribution in [0.2, 0.25) is 0 Å². The first-order valence-electron chi connectivity index (χ1n) is 5.26. The number of rotatable bonds is 5. The second kappa shape index (κ2) is 7.16. The summed E-state index contributed by atoms with van der Waals surface area (Å²) < 4.78 is 14.3. The van der Waals surface area contributed by atoms with E-state index in [1.54, 1.807) is 31.4 Å². The van der Waals surface area contributed by atoms with Crippen molar-refractivity contribution in [2.24, 2.45) is 0 Å². The minimum atomic E-state index is -0.670. The number of alkyl carbamates (subject to hydrolysis) is 1. The molecule has 1 amide bonds. The zero-order chi connectivity index (χ0) is 13.4. The second-order valence-electron chi connectivity index (χ2n) is 3.35. The van der Waals surface area contributed by atoms with Gasteiger partial charge >= 0.3 is 12.1 Å². The molecule has 0 atom stereocenters. The Morgan fingerprint density at radius 2 is 1.83 bits per heavy atom. The van der Waals surface area contributed by atoms with Crippen molar-refractivity contribution >= 4 is 12.1 Å². The standard InChI is InChI=1S/C12H15NO5/c1-16-10-5-3-9(4-6-10)8-18-12(15)13-7-11(14)17-2/h3-6H,7-8H2,1-2H3,(H,13,15). The highest BCUT2D eigenvalue weighted by Gasteiger charge is 2.06. The maximum Gasteiger partial charge on any atom is 0.407 e. The SMILES string of the molecule is COC(=O)CNC(=O)OCc1ccc(OC)cc1. The van der Waals surface area contributed by atoms with Crippen molar-refractivity contribution < 1.29 is 23.8 Å². The van der Waals surface area contributed by atoms with Crippen LogP contribution in [0.15, 0.2) is 24.3 Å². The van der Waals surface area contributed by atoms with Gasteiger partial charge < -0.3 is 19.5 Å². The van der Waals surface area contributed by atoms with E-state index in [4.69, 9.17) is 9.47 Å². The van der Waals surface area contributed by atoms with Crippen molar-refractivity contribution in [2.45, 2.75) is 6.61 Å². The van der Waals surface area contributed by atoms with Crippen LogP contribution in [0.4, 0.5) is 4.79 Å². The fourth-order valence-corrected chi connectivity index (χ4v) is 1.14. The van der Waals surface area contributed by atoms with Crippen LogP contribution in [-0.2, 0) is 20.9 Å². The monoisotopic (exact) mass is 253 g/mol. The average molecular weight is 253 g/mol. The molecule has 0 aliphatic heterocycles. The molecule has 6 nitrogen and oxygen atoms in total. The third-order valence-electron chi connectivity index (χ3n) is 2.13. The zero-order valence-electron chi connectivity index (χ0n) is 10.3. The number of methoxy groups -OCH3 is 2. The Kier molecular flexibility index (Phi) is 5.50. The van der Waals surface area contributed by atoms with Crippen molar-refractivity contribution in [1.29, 1.82) is 0 Å². The second-order valence-corrected chi connectivity index (χ2v) is 3.35. The zero-order valence-corrected chi connectivity index (χ0v) is 10.3. The first-order valence-corrected chi connectivity index (χ1v) is 5.26. The minimum Gasteiger partial charge on any atom is -0.497 e. The number of nitrogens with one attached hydrogen (secondary N) is 1. The van der Waals surface area contributed by atoms with Crippen molar-refractivity contribution in [1.82, 2.24) is 5.32 Å². The normalized spacial score (nSPS) is 9.44. The molecule has 0 saturated carbocycles. The molecule has 1 rings (SSSR count). The highest BCUT2D eigenvalue weighted by Crippen LogP contribution is 2.11. The van der Waals surface area contributed by atoms with Gasteiger partial charge in [0.05, 0.1) is 14.2 Å². The summed E-state index contributed by atoms with van der Waals surface area (Å²) in [6.45, 7) is -0.0883. The summed E-state index contributed by atoms with van der Waals surface area (Å²) in [7, 11) is 2.82. The molecule has 98 valence electrons. The lowest BCUT2D eigenvalue weighted by molar-refractivity contribution is -0.139. The number of carbonyl (C=O) groups excluding carboxylic acids is 2. The van der Waals surface area contributed by atoms with E-state index in [9.17, 15) is 9.59 Å². The molecule has 1 N–H and O–H groups in total. The highest BCUT2D eigenvalue weighted by atomic mass is 16.6. The molecule has 0 aromatic heterocycles. The largest absolute Gasteiger partial charge is 0.497 e. The quantitative estimate of drug-likeness (QED) is 0.795. The van der Waals surface area contributed by atoms with Crippen molar-refractivity contribution in [2.75, 3.05) is 20.8 Å². The van der Waals surface area contributed by atoms with Crippen LogP contribution in [-0.4, -0.2) is 32.8 Å². The molecule has 0 fully saturated rings. The molecule has 0 bridgehead atoms. The first-order chi connectivity index (χ1) is 8.65. The number of hydrogen-bond acceptors (Lipinski definition) is 5. The van der Waals surface area contributed by atoms with Crippen molar-refractivity contribution in [3.8, 4) is 5.75 Å². The van der Waals surface area contributed by atoms with Gasteiger partial charge in [-0.2, -0.15) is 0 Å². The molecule has 0 saturated heterocycles. The lowest BCUT2D eigenvalue weighted by Gasteiger charge is -2.06. The number of carbonyl (C=O) groups is 2. The van der Waals surface area contributed by atoms with Crippen LogP contribution >= 0.6 is 0 Å². The lowest BCUT2D eigenvalue weighted by atomic mass is 10.2. The van der Waals surface area contributed by atoms with E-state index in [1.165, 1.54) is 7.11 Å².